The van der Waals surface area contributed by atoms with E-state index in [1.165, 1.54) is 22.3 Å². The van der Waals surface area contributed by atoms with Crippen molar-refractivity contribution in [2.75, 3.05) is 0 Å². The van der Waals surface area contributed by atoms with Crippen LogP contribution in [-0.2, 0) is 4.79 Å². The maximum atomic E-state index is 11.2. The Labute approximate surface area is 113 Å². The van der Waals surface area contributed by atoms with Crippen LogP contribution in [-0.4, -0.2) is 5.78 Å². The number of carbonyl (C=O) groups excluding carboxylic acids is 1. The van der Waals surface area contributed by atoms with Gasteiger partial charge in [-0.3, -0.25) is 4.79 Å². The van der Waals surface area contributed by atoms with Crippen LogP contribution in [0.4, 0.5) is 0 Å². The van der Waals surface area contributed by atoms with Crippen LogP contribution in [0, 0.1) is 0 Å². The normalized spacial score (nSPS) is 15.2. The van der Waals surface area contributed by atoms with Gasteiger partial charge in [0.2, 0.25) is 0 Å². The number of rotatable bonds is 2. The SMILES string of the molecule is O=C1CC=C(c2ccc(-c3ccccc3)cc2)CC1. The van der Waals surface area contributed by atoms with Gasteiger partial charge in [-0.15, -0.1) is 0 Å². The van der Waals surface area contributed by atoms with E-state index in [4.69, 9.17) is 0 Å². The molecule has 0 unspecified atom stereocenters. The maximum Gasteiger partial charge on any atom is 0.137 e. The highest BCUT2D eigenvalue weighted by Gasteiger charge is 2.11. The summed E-state index contributed by atoms with van der Waals surface area (Å²) in [6.45, 7) is 0. The first-order valence-electron chi connectivity index (χ1n) is 6.69. The summed E-state index contributed by atoms with van der Waals surface area (Å²) in [6.07, 6.45) is 4.23. The Bertz CT molecular complexity index is 606. The molecular weight excluding hydrogens is 232 g/mol. The van der Waals surface area contributed by atoms with E-state index in [1.54, 1.807) is 0 Å². The fourth-order valence-corrected chi connectivity index (χ4v) is 2.48. The zero-order valence-corrected chi connectivity index (χ0v) is 10.8. The topological polar surface area (TPSA) is 17.1 Å². The molecule has 94 valence electrons. The number of allylic oxidation sites excluding steroid dienone is 2. The van der Waals surface area contributed by atoms with Crippen molar-refractivity contribution >= 4 is 11.4 Å². The summed E-state index contributed by atoms with van der Waals surface area (Å²) < 4.78 is 0. The molecule has 2 aromatic rings. The first-order chi connectivity index (χ1) is 9.33. The lowest BCUT2D eigenvalue weighted by atomic mass is 9.92. The third-order valence-electron chi connectivity index (χ3n) is 3.61. The number of ketones is 1. The number of hydrogen-bond acceptors (Lipinski definition) is 1. The summed E-state index contributed by atoms with van der Waals surface area (Å²) in [5.41, 5.74) is 5.02. The molecule has 0 fully saturated rings. The van der Waals surface area contributed by atoms with Gasteiger partial charge < -0.3 is 0 Å². The summed E-state index contributed by atoms with van der Waals surface area (Å²) in [5, 5.41) is 0. The molecule has 2 aromatic carbocycles. The van der Waals surface area contributed by atoms with Crippen molar-refractivity contribution in [3.8, 4) is 11.1 Å². The maximum absolute atomic E-state index is 11.2. The smallest absolute Gasteiger partial charge is 0.137 e. The molecule has 0 bridgehead atoms. The number of Topliss-reactive ketones (excluding diaryl/α,β-unsaturated/α-hetero) is 1. The molecule has 0 spiro atoms. The van der Waals surface area contributed by atoms with Crippen LogP contribution in [0.3, 0.4) is 0 Å². The fraction of sp³-hybridized carbons (Fsp3) is 0.167. The second-order valence-electron chi connectivity index (χ2n) is 4.92. The highest BCUT2D eigenvalue weighted by molar-refractivity contribution is 5.87. The highest BCUT2D eigenvalue weighted by atomic mass is 16.1. The van der Waals surface area contributed by atoms with Gasteiger partial charge in [0.25, 0.3) is 0 Å². The predicted octanol–water partition coefficient (Wildman–Crippen LogP) is 4.49. The third-order valence-corrected chi connectivity index (χ3v) is 3.61. The lowest BCUT2D eigenvalue weighted by Gasteiger charge is -2.12. The second-order valence-corrected chi connectivity index (χ2v) is 4.92. The Morgan fingerprint density at radius 2 is 1.32 bits per heavy atom. The summed E-state index contributed by atoms with van der Waals surface area (Å²) in [4.78, 5) is 11.2. The highest BCUT2D eigenvalue weighted by Crippen LogP contribution is 2.27. The number of hydrogen-bond donors (Lipinski definition) is 0. The number of carbonyl (C=O) groups is 1. The van der Waals surface area contributed by atoms with Crippen molar-refractivity contribution < 1.29 is 4.79 Å². The van der Waals surface area contributed by atoms with Gasteiger partial charge in [0.05, 0.1) is 0 Å². The van der Waals surface area contributed by atoms with E-state index in [1.807, 2.05) is 6.07 Å². The Balaban J connectivity index is 1.85. The molecule has 1 heteroatoms. The van der Waals surface area contributed by atoms with E-state index >= 15 is 0 Å². The lowest BCUT2D eigenvalue weighted by molar-refractivity contribution is -0.118. The van der Waals surface area contributed by atoms with Gasteiger partial charge in [-0.25, -0.2) is 0 Å². The minimum absolute atomic E-state index is 0.352. The quantitative estimate of drug-likeness (QED) is 0.765. The molecular formula is C18H16O. The van der Waals surface area contributed by atoms with Crippen LogP contribution in [0.2, 0.25) is 0 Å². The second kappa shape index (κ2) is 5.23. The average Bonchev–Trinajstić information content (AvgIpc) is 2.49. The van der Waals surface area contributed by atoms with Gasteiger partial charge >= 0.3 is 0 Å². The minimum atomic E-state index is 0.352. The Kier molecular flexibility index (Phi) is 3.28. The Morgan fingerprint density at radius 1 is 0.684 bits per heavy atom. The van der Waals surface area contributed by atoms with Gasteiger partial charge in [-0.2, -0.15) is 0 Å². The fourth-order valence-electron chi connectivity index (χ4n) is 2.48. The van der Waals surface area contributed by atoms with E-state index in [0.29, 0.717) is 18.6 Å². The molecule has 0 N–H and O–H groups in total. The monoisotopic (exact) mass is 248 g/mol. The number of benzene rings is 2. The van der Waals surface area contributed by atoms with Crippen LogP contribution in [0.15, 0.2) is 60.7 Å². The first kappa shape index (κ1) is 11.9. The lowest BCUT2D eigenvalue weighted by Crippen LogP contribution is -2.02. The summed E-state index contributed by atoms with van der Waals surface area (Å²) in [6, 6.07) is 19.0. The summed E-state index contributed by atoms with van der Waals surface area (Å²) in [7, 11) is 0. The molecule has 1 aliphatic rings. The standard InChI is InChI=1S/C18H16O/c19-18-12-10-17(11-13-18)16-8-6-15(7-9-16)14-4-2-1-3-5-14/h1-10H,11-13H2. The molecule has 0 atom stereocenters. The van der Waals surface area contributed by atoms with Crippen molar-refractivity contribution in [3.63, 3.8) is 0 Å². The summed E-state index contributed by atoms with van der Waals surface area (Å²) in [5.74, 6) is 0.352. The van der Waals surface area contributed by atoms with Crippen LogP contribution in [0.25, 0.3) is 16.7 Å². The van der Waals surface area contributed by atoms with Crippen molar-refractivity contribution in [2.45, 2.75) is 19.3 Å². The molecule has 1 nitrogen and oxygen atoms in total. The third kappa shape index (κ3) is 2.65. The molecule has 0 saturated carbocycles. The van der Waals surface area contributed by atoms with Crippen LogP contribution in [0.5, 0.6) is 0 Å². The van der Waals surface area contributed by atoms with E-state index in [9.17, 15) is 4.79 Å². The molecule has 0 aromatic heterocycles. The van der Waals surface area contributed by atoms with Crippen LogP contribution >= 0.6 is 0 Å². The van der Waals surface area contributed by atoms with Gasteiger partial charge in [0.15, 0.2) is 0 Å². The van der Waals surface area contributed by atoms with Crippen molar-refractivity contribution in [2.24, 2.45) is 0 Å². The van der Waals surface area contributed by atoms with E-state index in [0.717, 1.165) is 6.42 Å². The predicted molar refractivity (Wildman–Crippen MR) is 78.7 cm³/mol. The molecule has 0 saturated heterocycles. The van der Waals surface area contributed by atoms with Gasteiger partial charge in [0.1, 0.15) is 5.78 Å². The van der Waals surface area contributed by atoms with E-state index < -0.39 is 0 Å². The molecule has 0 radical (unpaired) electrons. The molecule has 1 aliphatic carbocycles. The van der Waals surface area contributed by atoms with Gasteiger partial charge in [-0.05, 0) is 28.7 Å². The van der Waals surface area contributed by atoms with Crippen molar-refractivity contribution in [1.82, 2.24) is 0 Å². The van der Waals surface area contributed by atoms with Crippen LogP contribution < -0.4 is 0 Å². The molecule has 0 heterocycles. The van der Waals surface area contributed by atoms with Crippen molar-refractivity contribution in [1.29, 1.82) is 0 Å². The molecule has 3 rings (SSSR count). The Hall–Kier alpha value is -2.15. The minimum Gasteiger partial charge on any atom is -0.299 e. The van der Waals surface area contributed by atoms with Gasteiger partial charge in [0, 0.05) is 12.8 Å². The van der Waals surface area contributed by atoms with E-state index in [-0.39, 0.29) is 0 Å². The largest absolute Gasteiger partial charge is 0.299 e. The van der Waals surface area contributed by atoms with Gasteiger partial charge in [-0.1, -0.05) is 60.7 Å². The van der Waals surface area contributed by atoms with E-state index in [2.05, 4.69) is 54.6 Å². The van der Waals surface area contributed by atoms with Crippen molar-refractivity contribution in [3.05, 3.63) is 66.2 Å². The zero-order valence-electron chi connectivity index (χ0n) is 10.8. The molecule has 19 heavy (non-hydrogen) atoms. The molecule has 0 amide bonds. The average molecular weight is 248 g/mol. The molecule has 0 aliphatic heterocycles. The van der Waals surface area contributed by atoms with Crippen LogP contribution in [0.1, 0.15) is 24.8 Å². The zero-order chi connectivity index (χ0) is 13.1. The first-order valence-corrected chi connectivity index (χ1v) is 6.69. The summed E-state index contributed by atoms with van der Waals surface area (Å²) >= 11 is 0. The Morgan fingerprint density at radius 3 is 1.95 bits per heavy atom.